The van der Waals surface area contributed by atoms with Gasteiger partial charge in [0.1, 0.15) is 5.84 Å². The largest absolute Gasteiger partial charge is 0.368 e. The number of aliphatic imine (C=N–C) groups is 1. The summed E-state index contributed by atoms with van der Waals surface area (Å²) >= 11 is 0. The molecule has 106 valence electrons. The minimum atomic E-state index is 0.0866. The van der Waals surface area contributed by atoms with E-state index < -0.39 is 0 Å². The van der Waals surface area contributed by atoms with Gasteiger partial charge in [-0.2, -0.15) is 0 Å². The molecule has 0 bridgehead atoms. The van der Waals surface area contributed by atoms with E-state index in [-0.39, 0.29) is 5.54 Å². The molecule has 1 aliphatic rings. The van der Waals surface area contributed by atoms with Gasteiger partial charge in [-0.1, -0.05) is 34.6 Å². The van der Waals surface area contributed by atoms with Crippen molar-refractivity contribution in [1.82, 2.24) is 10.6 Å². The van der Waals surface area contributed by atoms with Crippen LogP contribution in [0.1, 0.15) is 54.9 Å². The van der Waals surface area contributed by atoms with Gasteiger partial charge >= 0.3 is 0 Å². The summed E-state index contributed by atoms with van der Waals surface area (Å²) in [6.07, 6.45) is 1.13. The van der Waals surface area contributed by atoms with Crippen molar-refractivity contribution in [1.29, 1.82) is 0 Å². The van der Waals surface area contributed by atoms with Gasteiger partial charge in [-0.25, -0.2) is 0 Å². The number of hydrogen-bond acceptors (Lipinski definition) is 3. The summed E-state index contributed by atoms with van der Waals surface area (Å²) in [5.74, 6) is 1.72. The lowest BCUT2D eigenvalue weighted by atomic mass is 9.81. The Hall–Kier alpha value is -0.570. The smallest absolute Gasteiger partial charge is 0.114 e. The van der Waals surface area contributed by atoms with Crippen molar-refractivity contribution >= 4 is 5.84 Å². The zero-order valence-electron chi connectivity index (χ0n) is 13.2. The van der Waals surface area contributed by atoms with Gasteiger partial charge in [-0.15, -0.1) is 0 Å². The second kappa shape index (κ2) is 5.60. The van der Waals surface area contributed by atoms with Gasteiger partial charge < -0.3 is 10.6 Å². The number of amidine groups is 1. The van der Waals surface area contributed by atoms with Crippen LogP contribution >= 0.6 is 0 Å². The third-order valence-corrected chi connectivity index (χ3v) is 3.16. The van der Waals surface area contributed by atoms with E-state index in [0.29, 0.717) is 17.4 Å². The fraction of sp³-hybridized carbons (Fsp3) is 0.933. The quantitative estimate of drug-likeness (QED) is 0.811. The summed E-state index contributed by atoms with van der Waals surface area (Å²) < 4.78 is 0. The van der Waals surface area contributed by atoms with Gasteiger partial charge in [0.05, 0.1) is 12.6 Å². The summed E-state index contributed by atoms with van der Waals surface area (Å²) in [6.45, 7) is 17.8. The van der Waals surface area contributed by atoms with Crippen molar-refractivity contribution < 1.29 is 0 Å². The van der Waals surface area contributed by atoms with E-state index >= 15 is 0 Å². The van der Waals surface area contributed by atoms with Crippen LogP contribution in [0.4, 0.5) is 0 Å². The second-order valence-corrected chi connectivity index (χ2v) is 7.69. The SMILES string of the molecule is CC(C)[C@H]1NCCN=C1NC(C)(C)CC(C)(C)C. The first-order valence-corrected chi connectivity index (χ1v) is 7.17. The standard InChI is InChI=1S/C15H31N3/c1-11(2)12-13(17-9-8-16-12)18-15(6,7)10-14(3,4)5/h11-12,16H,8-10H2,1-7H3,(H,17,18)/t12-/m1/s1. The summed E-state index contributed by atoms with van der Waals surface area (Å²) in [5, 5.41) is 7.23. The zero-order chi connectivity index (χ0) is 14.0. The molecular formula is C15H31N3. The van der Waals surface area contributed by atoms with Crippen LogP contribution in [-0.2, 0) is 0 Å². The summed E-state index contributed by atoms with van der Waals surface area (Å²) in [6, 6.07) is 0.373. The average molecular weight is 253 g/mol. The van der Waals surface area contributed by atoms with E-state index in [1.807, 2.05) is 0 Å². The Morgan fingerprint density at radius 1 is 1.28 bits per heavy atom. The maximum Gasteiger partial charge on any atom is 0.114 e. The van der Waals surface area contributed by atoms with Crippen molar-refractivity contribution in [3.63, 3.8) is 0 Å². The molecule has 0 unspecified atom stereocenters. The molecule has 0 saturated heterocycles. The molecule has 0 saturated carbocycles. The van der Waals surface area contributed by atoms with Crippen LogP contribution in [0.5, 0.6) is 0 Å². The molecule has 0 amide bonds. The van der Waals surface area contributed by atoms with Crippen molar-refractivity contribution in [3.05, 3.63) is 0 Å². The van der Waals surface area contributed by atoms with Gasteiger partial charge in [0.15, 0.2) is 0 Å². The van der Waals surface area contributed by atoms with Gasteiger partial charge in [0, 0.05) is 12.1 Å². The first kappa shape index (κ1) is 15.5. The third kappa shape index (κ3) is 4.97. The Labute approximate surface area is 113 Å². The van der Waals surface area contributed by atoms with E-state index in [2.05, 4.69) is 59.1 Å². The second-order valence-electron chi connectivity index (χ2n) is 7.69. The first-order chi connectivity index (χ1) is 8.11. The number of nitrogens with zero attached hydrogens (tertiary/aromatic N) is 1. The molecule has 1 rings (SSSR count). The first-order valence-electron chi connectivity index (χ1n) is 7.17. The van der Waals surface area contributed by atoms with Crippen LogP contribution in [0.15, 0.2) is 4.99 Å². The van der Waals surface area contributed by atoms with Crippen molar-refractivity contribution in [2.45, 2.75) is 66.5 Å². The number of nitrogens with one attached hydrogen (secondary N) is 2. The van der Waals surface area contributed by atoms with Gasteiger partial charge in [0.25, 0.3) is 0 Å². The highest BCUT2D eigenvalue weighted by Crippen LogP contribution is 2.27. The fourth-order valence-corrected chi connectivity index (χ4v) is 2.98. The van der Waals surface area contributed by atoms with E-state index in [1.54, 1.807) is 0 Å². The third-order valence-electron chi connectivity index (χ3n) is 3.16. The number of hydrogen-bond donors (Lipinski definition) is 2. The number of rotatable bonds is 3. The molecule has 0 fully saturated rings. The average Bonchev–Trinajstić information content (AvgIpc) is 2.13. The topological polar surface area (TPSA) is 36.4 Å². The van der Waals surface area contributed by atoms with Crippen LogP contribution in [0, 0.1) is 11.3 Å². The van der Waals surface area contributed by atoms with Gasteiger partial charge in [-0.05, 0) is 31.6 Å². The minimum absolute atomic E-state index is 0.0866. The van der Waals surface area contributed by atoms with E-state index in [0.717, 1.165) is 25.3 Å². The lowest BCUT2D eigenvalue weighted by Crippen LogP contribution is -2.57. The normalized spacial score (nSPS) is 22.0. The van der Waals surface area contributed by atoms with E-state index in [1.165, 1.54) is 0 Å². The molecule has 3 nitrogen and oxygen atoms in total. The van der Waals surface area contributed by atoms with Crippen LogP contribution in [0.3, 0.4) is 0 Å². The molecule has 18 heavy (non-hydrogen) atoms. The Bertz CT molecular complexity index is 297. The molecule has 0 aromatic rings. The van der Waals surface area contributed by atoms with Crippen LogP contribution in [0.2, 0.25) is 0 Å². The highest BCUT2D eigenvalue weighted by molar-refractivity contribution is 5.88. The molecule has 2 N–H and O–H groups in total. The Morgan fingerprint density at radius 3 is 2.39 bits per heavy atom. The highest BCUT2D eigenvalue weighted by Gasteiger charge is 2.30. The summed E-state index contributed by atoms with van der Waals surface area (Å²) in [4.78, 5) is 4.69. The van der Waals surface area contributed by atoms with E-state index in [9.17, 15) is 0 Å². The maximum atomic E-state index is 4.69. The van der Waals surface area contributed by atoms with Crippen molar-refractivity contribution in [3.8, 4) is 0 Å². The van der Waals surface area contributed by atoms with Crippen LogP contribution in [0.25, 0.3) is 0 Å². The molecule has 1 aliphatic heterocycles. The van der Waals surface area contributed by atoms with Gasteiger partial charge in [0.2, 0.25) is 0 Å². The molecule has 0 aromatic heterocycles. The Kier molecular flexibility index (Phi) is 4.82. The predicted molar refractivity (Wildman–Crippen MR) is 80.2 cm³/mol. The van der Waals surface area contributed by atoms with Gasteiger partial charge in [-0.3, -0.25) is 4.99 Å². The molecular weight excluding hydrogens is 222 g/mol. The Balaban J connectivity index is 2.72. The molecule has 3 heteroatoms. The van der Waals surface area contributed by atoms with E-state index in [4.69, 9.17) is 4.99 Å². The zero-order valence-corrected chi connectivity index (χ0v) is 13.2. The predicted octanol–water partition coefficient (Wildman–Crippen LogP) is 2.82. The lowest BCUT2D eigenvalue weighted by molar-refractivity contribution is 0.262. The van der Waals surface area contributed by atoms with Crippen LogP contribution in [-0.4, -0.2) is 30.5 Å². The summed E-state index contributed by atoms with van der Waals surface area (Å²) in [7, 11) is 0. The molecule has 1 heterocycles. The molecule has 0 aliphatic carbocycles. The molecule has 1 atom stereocenters. The van der Waals surface area contributed by atoms with Crippen molar-refractivity contribution in [2.24, 2.45) is 16.3 Å². The monoisotopic (exact) mass is 253 g/mol. The lowest BCUT2D eigenvalue weighted by Gasteiger charge is -2.38. The molecule has 0 radical (unpaired) electrons. The molecule has 0 spiro atoms. The fourth-order valence-electron chi connectivity index (χ4n) is 2.98. The maximum absolute atomic E-state index is 4.69. The summed E-state index contributed by atoms with van der Waals surface area (Å²) in [5.41, 5.74) is 0.412. The van der Waals surface area contributed by atoms with Crippen molar-refractivity contribution in [2.75, 3.05) is 13.1 Å². The van der Waals surface area contributed by atoms with Crippen LogP contribution < -0.4 is 10.6 Å². The molecule has 0 aromatic carbocycles. The highest BCUT2D eigenvalue weighted by atomic mass is 15.1. The Morgan fingerprint density at radius 2 is 1.89 bits per heavy atom. The minimum Gasteiger partial charge on any atom is -0.368 e.